The first-order valence-electron chi connectivity index (χ1n) is 8.37. The Bertz CT molecular complexity index is 1100. The van der Waals surface area contributed by atoms with Crippen molar-refractivity contribution in [1.29, 1.82) is 5.26 Å². The van der Waals surface area contributed by atoms with Crippen molar-refractivity contribution in [2.24, 2.45) is 0 Å². The third-order valence-corrected chi connectivity index (χ3v) is 7.60. The van der Waals surface area contributed by atoms with Crippen molar-refractivity contribution in [1.82, 2.24) is 10.2 Å². The van der Waals surface area contributed by atoms with Crippen molar-refractivity contribution in [2.75, 3.05) is 6.54 Å². The molecule has 1 aromatic rings. The number of nitrogens with one attached hydrogen (secondary N) is 1. The Labute approximate surface area is 178 Å². The van der Waals surface area contributed by atoms with Gasteiger partial charge in [-0.25, -0.2) is 8.42 Å². The number of allylic oxidation sites excluding steroid dienone is 1. The van der Waals surface area contributed by atoms with Crippen LogP contribution in [0.25, 0.3) is 12.2 Å². The maximum atomic E-state index is 12.6. The second-order valence-corrected chi connectivity index (χ2v) is 11.0. The summed E-state index contributed by atoms with van der Waals surface area (Å²) >= 11 is 6.20. The molecule has 2 amide bonds. The van der Waals surface area contributed by atoms with Gasteiger partial charge in [-0.15, -0.1) is 17.9 Å². The number of amides is 2. The van der Waals surface area contributed by atoms with Gasteiger partial charge in [-0.2, -0.15) is 5.26 Å². The van der Waals surface area contributed by atoms with Gasteiger partial charge < -0.3 is 0 Å². The van der Waals surface area contributed by atoms with Crippen LogP contribution >= 0.6 is 23.6 Å². The zero-order valence-electron chi connectivity index (χ0n) is 16.1. The second-order valence-electron chi connectivity index (χ2n) is 7.00. The third-order valence-electron chi connectivity index (χ3n) is 3.99. The Morgan fingerprint density at radius 3 is 2.62 bits per heavy atom. The van der Waals surface area contributed by atoms with E-state index >= 15 is 0 Å². The summed E-state index contributed by atoms with van der Waals surface area (Å²) in [5.74, 6) is -1.23. The normalized spacial score (nSPS) is 17.3. The largest absolute Gasteiger partial charge is 0.298 e. The number of carbonyl (C=O) groups is 2. The van der Waals surface area contributed by atoms with Gasteiger partial charge >= 0.3 is 0 Å². The Hall–Kier alpha value is -2.61. The van der Waals surface area contributed by atoms with Crippen LogP contribution in [0.15, 0.2) is 34.6 Å². The highest BCUT2D eigenvalue weighted by atomic mass is 32.2. The lowest BCUT2D eigenvalue weighted by atomic mass is 10.1. The van der Waals surface area contributed by atoms with Crippen molar-refractivity contribution in [2.45, 2.75) is 25.5 Å². The quantitative estimate of drug-likeness (QED) is 0.243. The van der Waals surface area contributed by atoms with Crippen LogP contribution in [-0.2, 0) is 19.4 Å². The fourth-order valence-electron chi connectivity index (χ4n) is 2.33. The zero-order valence-corrected chi connectivity index (χ0v) is 18.5. The predicted molar refractivity (Wildman–Crippen MR) is 117 cm³/mol. The van der Waals surface area contributed by atoms with Gasteiger partial charge in [-0.05, 0) is 62.2 Å². The van der Waals surface area contributed by atoms with E-state index in [-0.39, 0.29) is 22.1 Å². The van der Waals surface area contributed by atoms with Crippen LogP contribution in [0, 0.1) is 11.3 Å². The molecule has 1 fully saturated rings. The summed E-state index contributed by atoms with van der Waals surface area (Å²) in [5.41, 5.74) is 0.294. The summed E-state index contributed by atoms with van der Waals surface area (Å²) in [6.45, 7) is 8.22. The molecule has 0 bridgehead atoms. The highest BCUT2D eigenvalue weighted by Crippen LogP contribution is 2.29. The smallest absolute Gasteiger partial charge is 0.265 e. The van der Waals surface area contributed by atoms with Crippen molar-refractivity contribution < 1.29 is 18.0 Å². The van der Waals surface area contributed by atoms with Crippen LogP contribution in [0.1, 0.15) is 31.2 Å². The Kier molecular flexibility index (Phi) is 6.57. The number of thiophene rings is 1. The Balaban J connectivity index is 2.53. The van der Waals surface area contributed by atoms with Crippen molar-refractivity contribution in [3.05, 3.63) is 45.0 Å². The van der Waals surface area contributed by atoms with Gasteiger partial charge in [0.15, 0.2) is 14.9 Å². The standard InChI is InChI=1S/C19H19N3O4S3/c1-5-7-22-17(24)14(16(23)21-18(22)27)9-12-6-8-28-15(12)10-13(11-20)29(25,26)19(2,3)4/h5-6,8-10H,1,7H2,2-4H3,(H,21,23,27)/b13-10+,14-9+. The van der Waals surface area contributed by atoms with E-state index in [2.05, 4.69) is 11.9 Å². The number of hydrogen-bond donors (Lipinski definition) is 1. The van der Waals surface area contributed by atoms with Gasteiger partial charge in [0.2, 0.25) is 0 Å². The molecule has 2 rings (SSSR count). The number of nitriles is 1. The van der Waals surface area contributed by atoms with Gasteiger partial charge in [0.1, 0.15) is 16.5 Å². The highest BCUT2D eigenvalue weighted by Gasteiger charge is 2.34. The maximum Gasteiger partial charge on any atom is 0.265 e. The molecule has 0 saturated carbocycles. The van der Waals surface area contributed by atoms with E-state index in [0.717, 1.165) is 0 Å². The summed E-state index contributed by atoms with van der Waals surface area (Å²) in [7, 11) is -3.86. The van der Waals surface area contributed by atoms with E-state index in [1.54, 1.807) is 17.5 Å². The first kappa shape index (κ1) is 22.7. The summed E-state index contributed by atoms with van der Waals surface area (Å²) in [5, 5.41) is 13.5. The summed E-state index contributed by atoms with van der Waals surface area (Å²) in [4.78, 5) is 26.2. The number of rotatable bonds is 5. The van der Waals surface area contributed by atoms with E-state index in [0.29, 0.717) is 10.4 Å². The molecule has 0 atom stereocenters. The number of hydrogen-bond acceptors (Lipinski definition) is 7. The Morgan fingerprint density at radius 2 is 2.07 bits per heavy atom. The molecule has 152 valence electrons. The minimum atomic E-state index is -3.86. The summed E-state index contributed by atoms with van der Waals surface area (Å²) in [6, 6.07) is 3.37. The summed E-state index contributed by atoms with van der Waals surface area (Å²) < 4.78 is 24.1. The van der Waals surface area contributed by atoms with Crippen molar-refractivity contribution in [3.63, 3.8) is 0 Å². The number of nitrogens with zero attached hydrogens (tertiary/aromatic N) is 2. The van der Waals surface area contributed by atoms with Crippen LogP contribution in [0.2, 0.25) is 0 Å². The van der Waals surface area contributed by atoms with E-state index in [4.69, 9.17) is 12.2 Å². The van der Waals surface area contributed by atoms with Gasteiger partial charge in [0.25, 0.3) is 11.8 Å². The second kappa shape index (κ2) is 8.41. The lowest BCUT2D eigenvalue weighted by Gasteiger charge is -2.27. The molecule has 10 heteroatoms. The molecule has 1 N–H and O–H groups in total. The molecule has 1 aromatic heterocycles. The minimum absolute atomic E-state index is 0.00877. The molecule has 29 heavy (non-hydrogen) atoms. The zero-order chi connectivity index (χ0) is 22.0. The average Bonchev–Trinajstić information content (AvgIpc) is 3.05. The topological polar surface area (TPSA) is 107 Å². The third kappa shape index (κ3) is 4.53. The van der Waals surface area contributed by atoms with Crippen LogP contribution in [0.4, 0.5) is 0 Å². The molecule has 2 heterocycles. The molecular weight excluding hydrogens is 430 g/mol. The number of carbonyl (C=O) groups excluding carboxylic acids is 2. The fourth-order valence-corrected chi connectivity index (χ4v) is 4.52. The number of thiocarbonyl (C=S) groups is 1. The van der Waals surface area contributed by atoms with Gasteiger partial charge in [-0.3, -0.25) is 19.8 Å². The van der Waals surface area contributed by atoms with Gasteiger partial charge in [0, 0.05) is 11.4 Å². The first-order valence-corrected chi connectivity index (χ1v) is 11.1. The molecule has 0 radical (unpaired) electrons. The van der Waals surface area contributed by atoms with E-state index in [1.165, 1.54) is 55.2 Å². The van der Waals surface area contributed by atoms with E-state index in [9.17, 15) is 23.3 Å². The lowest BCUT2D eigenvalue weighted by molar-refractivity contribution is -0.128. The molecule has 0 unspecified atom stereocenters. The first-order chi connectivity index (χ1) is 13.4. The predicted octanol–water partition coefficient (Wildman–Crippen LogP) is 2.64. The average molecular weight is 450 g/mol. The minimum Gasteiger partial charge on any atom is -0.298 e. The van der Waals surface area contributed by atoms with Crippen LogP contribution in [-0.4, -0.2) is 41.5 Å². The van der Waals surface area contributed by atoms with E-state index < -0.39 is 26.4 Å². The van der Waals surface area contributed by atoms with Crippen molar-refractivity contribution >= 4 is 62.5 Å². The van der Waals surface area contributed by atoms with Crippen LogP contribution in [0.3, 0.4) is 0 Å². The highest BCUT2D eigenvalue weighted by molar-refractivity contribution is 7.97. The van der Waals surface area contributed by atoms with Gasteiger partial charge in [0.05, 0.1) is 4.75 Å². The maximum absolute atomic E-state index is 12.6. The molecule has 1 aliphatic rings. The molecule has 0 spiro atoms. The van der Waals surface area contributed by atoms with Gasteiger partial charge in [-0.1, -0.05) is 6.08 Å². The molecule has 7 nitrogen and oxygen atoms in total. The van der Waals surface area contributed by atoms with Crippen LogP contribution < -0.4 is 5.32 Å². The Morgan fingerprint density at radius 1 is 1.41 bits per heavy atom. The fraction of sp³-hybridized carbons (Fsp3) is 0.263. The van der Waals surface area contributed by atoms with Crippen LogP contribution in [0.5, 0.6) is 0 Å². The molecule has 1 saturated heterocycles. The molecule has 0 aliphatic carbocycles. The van der Waals surface area contributed by atoms with Crippen molar-refractivity contribution in [3.8, 4) is 6.07 Å². The van der Waals surface area contributed by atoms with E-state index in [1.807, 2.05) is 0 Å². The summed E-state index contributed by atoms with van der Waals surface area (Å²) in [6.07, 6.45) is 4.10. The SMILES string of the molecule is C=CCN1C(=O)/C(=C/c2ccsc2/C=C(\C#N)S(=O)(=O)C(C)(C)C)C(=O)NC1=S. The molecular formula is C19H19N3O4S3. The number of sulfone groups is 1. The monoisotopic (exact) mass is 449 g/mol. The lowest BCUT2D eigenvalue weighted by Crippen LogP contribution is -2.53. The molecule has 0 aromatic carbocycles. The molecule has 1 aliphatic heterocycles.